The highest BCUT2D eigenvalue weighted by Gasteiger charge is 2.66. The molecule has 0 radical (unpaired) electrons. The summed E-state index contributed by atoms with van der Waals surface area (Å²) in [6.07, 6.45) is 16.1. The molecule has 2 aliphatic carbocycles. The fraction of sp³-hybridized carbons (Fsp3) is 0.684. The predicted molar refractivity (Wildman–Crippen MR) is 207 cm³/mol. The molecule has 1 aromatic heterocycles. The number of aliphatic carboxylic acids is 1. The Hall–Kier alpha value is -2.94. The van der Waals surface area contributed by atoms with Crippen molar-refractivity contribution in [3.05, 3.63) is 40.1 Å². The third kappa shape index (κ3) is 8.88. The summed E-state index contributed by atoms with van der Waals surface area (Å²) in [6.45, 7) is 12.1. The second-order valence-electron chi connectivity index (χ2n) is 16.4. The number of ether oxygens (including phenoxy) is 1. The van der Waals surface area contributed by atoms with Crippen LogP contribution >= 0.6 is 23.5 Å². The third-order valence-electron chi connectivity index (χ3n) is 10.4. The van der Waals surface area contributed by atoms with E-state index >= 15 is 0 Å². The lowest BCUT2D eigenvalue weighted by Crippen LogP contribution is -2.73. The van der Waals surface area contributed by atoms with Crippen LogP contribution in [0.2, 0.25) is 0 Å². The molecule has 3 heterocycles. The molecular formula is C38H57N7O5S2. The molecule has 6 rings (SSSR count). The zero-order chi connectivity index (χ0) is 37.8. The Labute approximate surface area is 317 Å². The van der Waals surface area contributed by atoms with Gasteiger partial charge in [0.25, 0.3) is 11.6 Å². The molecule has 3 N–H and O–H groups in total. The third-order valence-corrected chi connectivity index (χ3v) is 12.8. The van der Waals surface area contributed by atoms with Crippen LogP contribution in [0.5, 0.6) is 5.75 Å². The maximum Gasteiger partial charge on any atom is 0.352 e. The van der Waals surface area contributed by atoms with E-state index in [2.05, 4.69) is 25.8 Å². The zero-order valence-corrected chi connectivity index (χ0v) is 33.7. The van der Waals surface area contributed by atoms with Crippen molar-refractivity contribution in [2.45, 2.75) is 145 Å². The van der Waals surface area contributed by atoms with E-state index in [1.807, 2.05) is 53.7 Å². The van der Waals surface area contributed by atoms with E-state index in [0.717, 1.165) is 28.8 Å². The Morgan fingerprint density at radius 1 is 1.04 bits per heavy atom. The molecule has 0 bridgehead atoms. The van der Waals surface area contributed by atoms with E-state index in [0.29, 0.717) is 22.2 Å². The van der Waals surface area contributed by atoms with Gasteiger partial charge in [0.1, 0.15) is 16.8 Å². The molecule has 14 heteroatoms. The number of fused-ring (bicyclic) bond motifs is 1. The minimum atomic E-state index is -1.56. The second kappa shape index (κ2) is 16.6. The van der Waals surface area contributed by atoms with Gasteiger partial charge in [0, 0.05) is 55.1 Å². The summed E-state index contributed by atoms with van der Waals surface area (Å²) in [5.74, 6) is -0.763. The van der Waals surface area contributed by atoms with Crippen molar-refractivity contribution < 1.29 is 24.5 Å². The molecule has 286 valence electrons. The van der Waals surface area contributed by atoms with E-state index in [-0.39, 0.29) is 22.3 Å². The van der Waals surface area contributed by atoms with E-state index in [9.17, 15) is 19.8 Å². The lowest BCUT2D eigenvalue weighted by molar-refractivity contribution is -0.182. The quantitative estimate of drug-likeness (QED) is 0.145. The number of β-lactam (4-membered cyclic amide) rings is 1. The van der Waals surface area contributed by atoms with Crippen molar-refractivity contribution in [1.29, 1.82) is 0 Å². The van der Waals surface area contributed by atoms with Gasteiger partial charge in [0.2, 0.25) is 5.16 Å². The van der Waals surface area contributed by atoms with E-state index in [1.54, 1.807) is 13.3 Å². The van der Waals surface area contributed by atoms with Gasteiger partial charge in [-0.3, -0.25) is 9.69 Å². The van der Waals surface area contributed by atoms with E-state index in [1.165, 1.54) is 104 Å². The highest BCUT2D eigenvalue weighted by Crippen LogP contribution is 2.49. The summed E-state index contributed by atoms with van der Waals surface area (Å²) < 4.78 is 7.19. The van der Waals surface area contributed by atoms with E-state index < -0.39 is 23.0 Å². The minimum Gasteiger partial charge on any atom is -0.507 e. The number of carboxylic acids is 1. The fourth-order valence-electron chi connectivity index (χ4n) is 7.45. The summed E-state index contributed by atoms with van der Waals surface area (Å²) in [6, 6.07) is 5.48. The molecule has 12 nitrogen and oxygen atoms in total. The van der Waals surface area contributed by atoms with Crippen molar-refractivity contribution in [3.63, 3.8) is 0 Å². The number of aliphatic imine (C=N–C) groups is 1. The van der Waals surface area contributed by atoms with Crippen LogP contribution in [0.4, 0.5) is 0 Å². The van der Waals surface area contributed by atoms with Gasteiger partial charge >= 0.3 is 5.97 Å². The van der Waals surface area contributed by atoms with Crippen molar-refractivity contribution in [1.82, 2.24) is 30.4 Å². The standard InChI is InChI=1S/C26H34N6O5S2.C12H23N/c1-24(2,3)16-9-14(10-17(19(16)33)25(4,5)6)11-27-26(37-8)21(36)32-18(20(34)35)15(12-38-22(26)32)13-39-23-28-29-30-31(23)7;1-3-7-11(8-4-1)13-12-9-5-2-6-10-12/h9-11,22,33H,12-13H2,1-8H3,(H,34,35);11-13H,1-10H2/t22-,26+;/m1./s1. The summed E-state index contributed by atoms with van der Waals surface area (Å²) in [5.41, 5.74) is 0.595. The molecule has 2 saturated carbocycles. The van der Waals surface area contributed by atoms with Crippen LogP contribution in [0.1, 0.15) is 122 Å². The number of rotatable bonds is 9. The molecule has 1 amide bonds. The smallest absolute Gasteiger partial charge is 0.352 e. The number of aromatic nitrogens is 4. The number of nitrogens with one attached hydrogen (secondary N) is 1. The number of aryl methyl sites for hydroxylation is 1. The number of carbonyl (C=O) groups is 2. The van der Waals surface area contributed by atoms with Crippen LogP contribution < -0.4 is 5.32 Å². The van der Waals surface area contributed by atoms with Crippen LogP contribution in [0.25, 0.3) is 0 Å². The lowest BCUT2D eigenvalue weighted by atomic mass is 9.78. The molecule has 1 aromatic carbocycles. The number of phenolic OH excluding ortho intramolecular Hbond substituents is 1. The van der Waals surface area contributed by atoms with Gasteiger partial charge in [-0.2, -0.15) is 0 Å². The van der Waals surface area contributed by atoms with Crippen LogP contribution in [-0.2, 0) is 32.2 Å². The predicted octanol–water partition coefficient (Wildman–Crippen LogP) is 6.56. The number of aromatic hydroxyl groups is 1. The van der Waals surface area contributed by atoms with Crippen molar-refractivity contribution in [2.24, 2.45) is 12.0 Å². The maximum atomic E-state index is 13.5. The summed E-state index contributed by atoms with van der Waals surface area (Å²) in [4.78, 5) is 31.7. The molecule has 3 fully saturated rings. The van der Waals surface area contributed by atoms with Gasteiger partial charge in [-0.25, -0.2) is 14.5 Å². The van der Waals surface area contributed by atoms with Crippen LogP contribution in [0.3, 0.4) is 0 Å². The number of tetrazole rings is 1. The molecule has 0 spiro atoms. The highest BCUT2D eigenvalue weighted by molar-refractivity contribution is 8.01. The largest absolute Gasteiger partial charge is 0.507 e. The summed E-state index contributed by atoms with van der Waals surface area (Å²) in [7, 11) is 3.11. The number of hydrogen-bond donors (Lipinski definition) is 3. The molecule has 2 aromatic rings. The van der Waals surface area contributed by atoms with Gasteiger partial charge in [-0.05, 0) is 70.2 Å². The number of hydrogen-bond acceptors (Lipinski definition) is 11. The first kappa shape index (κ1) is 40.2. The number of methoxy groups -OCH3 is 1. The number of carboxylic acid groups (broad SMARTS) is 1. The SMILES string of the molecule is C1CCC(NC2CCCCC2)CC1.CO[C@@]1(N=Cc2cc(C(C)(C)C)c(O)c(C(C)(C)C)c2)C(=O)N2C(C(=O)O)=C(CSc3nnnn3C)CS[C@@H]21. The molecule has 2 aliphatic heterocycles. The normalized spacial score (nSPS) is 23.3. The summed E-state index contributed by atoms with van der Waals surface area (Å²) in [5, 5.41) is 36.1. The Bertz CT molecular complexity index is 1600. The minimum absolute atomic E-state index is 0.0519. The number of benzene rings is 1. The molecule has 52 heavy (non-hydrogen) atoms. The first-order chi connectivity index (χ1) is 24.6. The Balaban J connectivity index is 0.000000335. The molecule has 2 atom stereocenters. The monoisotopic (exact) mass is 755 g/mol. The van der Waals surface area contributed by atoms with Gasteiger partial charge in [-0.1, -0.05) is 91.8 Å². The maximum absolute atomic E-state index is 13.5. The fourth-order valence-corrected chi connectivity index (χ4v) is 9.88. The molecule has 4 aliphatic rings. The Morgan fingerprint density at radius 2 is 1.60 bits per heavy atom. The molecule has 1 saturated heterocycles. The number of amides is 1. The van der Waals surface area contributed by atoms with Crippen molar-refractivity contribution in [3.8, 4) is 5.75 Å². The van der Waals surface area contributed by atoms with Gasteiger partial charge in [0.15, 0.2) is 0 Å². The van der Waals surface area contributed by atoms with Crippen molar-refractivity contribution in [2.75, 3.05) is 18.6 Å². The lowest BCUT2D eigenvalue weighted by Gasteiger charge is -2.53. The number of phenols is 1. The number of carbonyl (C=O) groups excluding carboxylic acids is 1. The average Bonchev–Trinajstić information content (AvgIpc) is 3.52. The number of nitrogens with zero attached hydrogens (tertiary/aromatic N) is 6. The Morgan fingerprint density at radius 3 is 2.06 bits per heavy atom. The topological polar surface area (TPSA) is 155 Å². The van der Waals surface area contributed by atoms with Gasteiger partial charge in [0.05, 0.1) is 0 Å². The van der Waals surface area contributed by atoms with Crippen LogP contribution in [-0.4, -0.2) is 95.2 Å². The van der Waals surface area contributed by atoms with Crippen LogP contribution in [0.15, 0.2) is 33.6 Å². The first-order valence-electron chi connectivity index (χ1n) is 18.6. The van der Waals surface area contributed by atoms with E-state index in [4.69, 9.17) is 4.74 Å². The number of thioether (sulfide) groups is 2. The summed E-state index contributed by atoms with van der Waals surface area (Å²) >= 11 is 2.71. The average molecular weight is 756 g/mol. The Kier molecular flexibility index (Phi) is 12.9. The molecular weight excluding hydrogens is 699 g/mol. The van der Waals surface area contributed by atoms with Gasteiger partial charge < -0.3 is 20.3 Å². The van der Waals surface area contributed by atoms with Crippen molar-refractivity contribution >= 4 is 41.6 Å². The highest BCUT2D eigenvalue weighted by atomic mass is 32.2. The zero-order valence-electron chi connectivity index (χ0n) is 32.1. The second-order valence-corrected chi connectivity index (χ2v) is 18.4. The molecule has 0 unspecified atom stereocenters. The first-order valence-corrected chi connectivity index (χ1v) is 20.6. The van der Waals surface area contributed by atoms with Crippen LogP contribution in [0, 0.1) is 0 Å². The van der Waals surface area contributed by atoms with Gasteiger partial charge in [-0.15, -0.1) is 16.9 Å².